The molecule has 5 N–H and O–H groups in total. The van der Waals surface area contributed by atoms with E-state index in [-0.39, 0.29) is 11.7 Å². The predicted molar refractivity (Wildman–Crippen MR) is 136 cm³/mol. The van der Waals surface area contributed by atoms with Crippen LogP contribution >= 0.6 is 0 Å². The third kappa shape index (κ3) is 8.85. The van der Waals surface area contributed by atoms with Crippen LogP contribution in [0.15, 0.2) is 65.8 Å². The molecule has 0 saturated heterocycles. The van der Waals surface area contributed by atoms with Crippen LogP contribution in [0.25, 0.3) is 0 Å². The van der Waals surface area contributed by atoms with Gasteiger partial charge in [0.15, 0.2) is 0 Å². The van der Waals surface area contributed by atoms with E-state index in [2.05, 4.69) is 19.0 Å². The minimum atomic E-state index is 0.201. The van der Waals surface area contributed by atoms with E-state index >= 15 is 0 Å². The van der Waals surface area contributed by atoms with Crippen LogP contribution < -0.4 is 5.73 Å². The van der Waals surface area contributed by atoms with E-state index < -0.39 is 0 Å². The molecule has 0 spiro atoms. The van der Waals surface area contributed by atoms with Gasteiger partial charge in [-0.3, -0.25) is 0 Å². The Bertz CT molecular complexity index is 1030. The van der Waals surface area contributed by atoms with Gasteiger partial charge in [-0.25, -0.2) is 0 Å². The number of benzene rings is 3. The molecule has 3 aromatic carbocycles. The number of aromatic hydroxyl groups is 3. The summed E-state index contributed by atoms with van der Waals surface area (Å²) < 4.78 is 0. The van der Waals surface area contributed by atoms with Crippen molar-refractivity contribution in [1.82, 2.24) is 0 Å². The van der Waals surface area contributed by atoms with Gasteiger partial charge in [0.25, 0.3) is 0 Å². The molecule has 0 atom stereocenters. The SMILES string of the molecule is CC(C)c1cc(N)ccc1O.CC(C)c1cc(N=O)ccc1O.CC(C)c1ccccc1O. The average Bonchev–Trinajstić information content (AvgIpc) is 2.76. The second-order valence-corrected chi connectivity index (χ2v) is 8.68. The van der Waals surface area contributed by atoms with Crippen molar-refractivity contribution in [1.29, 1.82) is 0 Å². The average molecular weight is 453 g/mol. The molecular weight excluding hydrogens is 416 g/mol. The van der Waals surface area contributed by atoms with Crippen molar-refractivity contribution in [2.75, 3.05) is 5.73 Å². The van der Waals surface area contributed by atoms with E-state index in [1.165, 1.54) is 12.1 Å². The standard InChI is InChI=1S/C9H11NO2.C9H13NO.C9H12O/c1-6(2)8-5-7(10-12)3-4-9(8)11;1-6(2)8-5-7(10)3-4-9(8)11;1-7(2)8-5-3-4-6-9(8)10/h3-6,11H,1-2H3;3-6,11H,10H2,1-2H3;3-7,10H,1-2H3. The lowest BCUT2D eigenvalue weighted by Crippen LogP contribution is -1.91. The minimum absolute atomic E-state index is 0.201. The Morgan fingerprint density at radius 3 is 1.52 bits per heavy atom. The van der Waals surface area contributed by atoms with Gasteiger partial charge >= 0.3 is 0 Å². The first kappa shape index (κ1) is 27.5. The Hall–Kier alpha value is -3.54. The van der Waals surface area contributed by atoms with Gasteiger partial charge in [0.2, 0.25) is 0 Å². The molecule has 3 rings (SSSR count). The van der Waals surface area contributed by atoms with E-state index in [0.717, 1.165) is 16.7 Å². The lowest BCUT2D eigenvalue weighted by molar-refractivity contribution is 0.464. The fourth-order valence-electron chi connectivity index (χ4n) is 3.07. The zero-order valence-electron chi connectivity index (χ0n) is 20.3. The summed E-state index contributed by atoms with van der Waals surface area (Å²) >= 11 is 0. The fourth-order valence-corrected chi connectivity index (χ4v) is 3.07. The predicted octanol–water partition coefficient (Wildman–Crippen LogP) is 7.53. The van der Waals surface area contributed by atoms with Gasteiger partial charge in [-0.15, -0.1) is 4.91 Å². The summed E-state index contributed by atoms with van der Waals surface area (Å²) in [7, 11) is 0. The van der Waals surface area contributed by atoms with Crippen LogP contribution in [-0.4, -0.2) is 15.3 Å². The van der Waals surface area contributed by atoms with Crippen molar-refractivity contribution < 1.29 is 15.3 Å². The quantitative estimate of drug-likeness (QED) is 0.185. The number of para-hydroxylation sites is 1. The number of nitrogen functional groups attached to an aromatic ring is 1. The summed E-state index contributed by atoms with van der Waals surface area (Å²) in [5.74, 6) is 1.87. The van der Waals surface area contributed by atoms with E-state index in [1.54, 1.807) is 30.3 Å². The molecule has 0 amide bonds. The van der Waals surface area contributed by atoms with Gasteiger partial charge < -0.3 is 21.1 Å². The molecule has 0 heterocycles. The highest BCUT2D eigenvalue weighted by Gasteiger charge is 2.06. The Balaban J connectivity index is 0.000000249. The fraction of sp³-hybridized carbons (Fsp3) is 0.333. The maximum atomic E-state index is 10.2. The molecule has 3 aromatic rings. The number of anilines is 1. The number of nitrogens with two attached hydrogens (primary N) is 1. The maximum absolute atomic E-state index is 10.2. The van der Waals surface area contributed by atoms with Crippen LogP contribution in [0.4, 0.5) is 11.4 Å². The van der Waals surface area contributed by atoms with Crippen molar-refractivity contribution in [3.05, 3.63) is 82.3 Å². The Morgan fingerprint density at radius 1 is 0.636 bits per heavy atom. The molecule has 0 unspecified atom stereocenters. The second-order valence-electron chi connectivity index (χ2n) is 8.68. The molecule has 33 heavy (non-hydrogen) atoms. The van der Waals surface area contributed by atoms with Crippen LogP contribution in [-0.2, 0) is 0 Å². The van der Waals surface area contributed by atoms with Crippen molar-refractivity contribution in [2.24, 2.45) is 5.18 Å². The van der Waals surface area contributed by atoms with Crippen molar-refractivity contribution in [3.63, 3.8) is 0 Å². The zero-order chi connectivity index (χ0) is 25.1. The van der Waals surface area contributed by atoms with Crippen molar-refractivity contribution >= 4 is 11.4 Å². The summed E-state index contributed by atoms with van der Waals surface area (Å²) in [4.78, 5) is 10.2. The molecule has 0 bridgehead atoms. The third-order valence-electron chi connectivity index (χ3n) is 4.97. The number of phenolic OH excluding ortho intramolecular Hbond substituents is 3. The van der Waals surface area contributed by atoms with Crippen LogP contribution in [0.3, 0.4) is 0 Å². The molecule has 0 fully saturated rings. The first-order chi connectivity index (χ1) is 15.5. The summed E-state index contributed by atoms with van der Waals surface area (Å²) in [6.45, 7) is 12.1. The van der Waals surface area contributed by atoms with Gasteiger partial charge in [0.05, 0.1) is 0 Å². The van der Waals surface area contributed by atoms with Crippen LogP contribution in [0.1, 0.15) is 76.0 Å². The molecule has 0 saturated carbocycles. The molecule has 6 nitrogen and oxygen atoms in total. The molecule has 0 aliphatic heterocycles. The monoisotopic (exact) mass is 452 g/mol. The molecule has 178 valence electrons. The second kappa shape index (κ2) is 13.1. The summed E-state index contributed by atoms with van der Waals surface area (Å²) in [5, 5.41) is 30.8. The Kier molecular flexibility index (Phi) is 10.9. The first-order valence-corrected chi connectivity index (χ1v) is 11.0. The highest BCUT2D eigenvalue weighted by atomic mass is 16.3. The molecule has 0 radical (unpaired) electrons. The summed E-state index contributed by atoms with van der Waals surface area (Å²) in [6, 6.07) is 17.2. The molecule has 0 aromatic heterocycles. The largest absolute Gasteiger partial charge is 0.508 e. The molecular formula is C27H36N2O4. The summed E-state index contributed by atoms with van der Waals surface area (Å²) in [5.41, 5.74) is 9.29. The molecule has 0 aliphatic carbocycles. The number of rotatable bonds is 4. The lowest BCUT2D eigenvalue weighted by Gasteiger charge is -2.07. The smallest absolute Gasteiger partial charge is 0.119 e. The van der Waals surface area contributed by atoms with Crippen LogP contribution in [0, 0.1) is 4.91 Å². The Labute approximate surface area is 196 Å². The number of hydrogen-bond donors (Lipinski definition) is 4. The number of nitrogens with zero attached hydrogens (tertiary/aromatic N) is 1. The van der Waals surface area contributed by atoms with Gasteiger partial charge in [-0.2, -0.15) is 0 Å². The van der Waals surface area contributed by atoms with Crippen LogP contribution in [0.2, 0.25) is 0 Å². The lowest BCUT2D eigenvalue weighted by atomic mass is 10.0. The topological polar surface area (TPSA) is 116 Å². The zero-order valence-corrected chi connectivity index (χ0v) is 20.3. The van der Waals surface area contributed by atoms with Gasteiger partial charge in [0.1, 0.15) is 22.9 Å². The van der Waals surface area contributed by atoms with Gasteiger partial charge in [-0.1, -0.05) is 59.7 Å². The van der Waals surface area contributed by atoms with E-state index in [0.29, 0.717) is 34.7 Å². The summed E-state index contributed by atoms with van der Waals surface area (Å²) in [6.07, 6.45) is 0. The number of hydrogen-bond acceptors (Lipinski definition) is 6. The Morgan fingerprint density at radius 2 is 1.09 bits per heavy atom. The first-order valence-electron chi connectivity index (χ1n) is 11.0. The van der Waals surface area contributed by atoms with E-state index in [9.17, 15) is 20.2 Å². The third-order valence-corrected chi connectivity index (χ3v) is 4.97. The van der Waals surface area contributed by atoms with Gasteiger partial charge in [0, 0.05) is 5.69 Å². The molecule has 0 aliphatic rings. The number of nitroso groups, excluding NO2 is 1. The van der Waals surface area contributed by atoms with Crippen LogP contribution in [0.5, 0.6) is 17.2 Å². The minimum Gasteiger partial charge on any atom is -0.508 e. The van der Waals surface area contributed by atoms with Gasteiger partial charge in [-0.05, 0) is 82.1 Å². The highest BCUT2D eigenvalue weighted by Crippen LogP contribution is 2.29. The normalized spacial score (nSPS) is 10.3. The van der Waals surface area contributed by atoms with Crippen molar-refractivity contribution in [2.45, 2.75) is 59.3 Å². The molecule has 6 heteroatoms. The maximum Gasteiger partial charge on any atom is 0.119 e. The highest BCUT2D eigenvalue weighted by molar-refractivity contribution is 5.48. The van der Waals surface area contributed by atoms with E-state index in [4.69, 9.17) is 5.73 Å². The van der Waals surface area contributed by atoms with Crippen molar-refractivity contribution in [3.8, 4) is 17.2 Å². The number of phenols is 3. The van der Waals surface area contributed by atoms with E-state index in [1.807, 2.05) is 45.9 Å².